The minimum atomic E-state index is -4.96. The van der Waals surface area contributed by atoms with Crippen LogP contribution in [-0.4, -0.2) is 89.3 Å². The number of nitrogens with one attached hydrogen (secondary N) is 1. The van der Waals surface area contributed by atoms with Crippen LogP contribution in [-0.2, 0) is 15.8 Å². The molecular weight excluding hydrogens is 540 g/mol. The third-order valence-corrected chi connectivity index (χ3v) is 6.88. The van der Waals surface area contributed by atoms with Crippen molar-refractivity contribution in [2.45, 2.75) is 70.8 Å². The topological polar surface area (TPSA) is 119 Å². The van der Waals surface area contributed by atoms with Crippen LogP contribution in [0.15, 0.2) is 12.1 Å². The van der Waals surface area contributed by atoms with Crippen LogP contribution in [0.5, 0.6) is 5.75 Å². The summed E-state index contributed by atoms with van der Waals surface area (Å²) in [7, 11) is 0. The Morgan fingerprint density at radius 2 is 1.93 bits per heavy atom. The number of rotatable bonds is 8. The molecule has 0 aromatic heterocycles. The lowest BCUT2D eigenvalue weighted by Gasteiger charge is -2.42. The zero-order chi connectivity index (χ0) is 30.0. The Bertz CT molecular complexity index is 1160. The fourth-order valence-corrected chi connectivity index (χ4v) is 5.05. The molecule has 0 bridgehead atoms. The molecule has 1 aromatic rings. The van der Waals surface area contributed by atoms with E-state index in [-0.39, 0.29) is 44.0 Å². The first-order chi connectivity index (χ1) is 18.6. The van der Waals surface area contributed by atoms with Crippen molar-refractivity contribution in [2.75, 3.05) is 37.8 Å². The van der Waals surface area contributed by atoms with Gasteiger partial charge in [0.1, 0.15) is 12.4 Å². The van der Waals surface area contributed by atoms with Crippen molar-refractivity contribution in [3.8, 4) is 5.75 Å². The smallest absolute Gasteiger partial charge is 0.417 e. The lowest BCUT2D eigenvalue weighted by Crippen LogP contribution is -2.54. The Labute approximate surface area is 229 Å². The van der Waals surface area contributed by atoms with Crippen molar-refractivity contribution in [3.05, 3.63) is 23.3 Å². The number of benzene rings is 1. The molecule has 222 valence electrons. The number of hydrogen-bond acceptors (Lipinski definition) is 5. The van der Waals surface area contributed by atoms with Gasteiger partial charge in [0, 0.05) is 38.6 Å². The van der Waals surface area contributed by atoms with Gasteiger partial charge < -0.3 is 29.9 Å². The van der Waals surface area contributed by atoms with Crippen molar-refractivity contribution in [2.24, 2.45) is 0 Å². The monoisotopic (exact) mass is 574 g/mol. The van der Waals surface area contributed by atoms with Gasteiger partial charge in [-0.15, -0.1) is 0 Å². The molecule has 2 heterocycles. The number of alkyl halides is 4. The first-order valence-corrected chi connectivity index (χ1v) is 13.0. The highest BCUT2D eigenvalue weighted by molar-refractivity contribution is 6.05. The van der Waals surface area contributed by atoms with Crippen molar-refractivity contribution in [1.29, 1.82) is 0 Å². The maximum Gasteiger partial charge on any atom is 0.417 e. The van der Waals surface area contributed by atoms with Gasteiger partial charge in [-0.25, -0.2) is 9.18 Å². The molecule has 0 saturated carbocycles. The van der Waals surface area contributed by atoms with E-state index in [1.165, 1.54) is 18.7 Å². The molecule has 2 aliphatic rings. The largest absolute Gasteiger partial charge is 0.476 e. The lowest BCUT2D eigenvalue weighted by molar-refractivity contribution is -0.138. The van der Waals surface area contributed by atoms with Gasteiger partial charge in [0.25, 0.3) is 11.8 Å². The highest BCUT2D eigenvalue weighted by Crippen LogP contribution is 2.44. The van der Waals surface area contributed by atoms with Crippen LogP contribution in [0.4, 0.5) is 28.0 Å². The molecule has 3 rings (SSSR count). The Morgan fingerprint density at radius 1 is 1.25 bits per heavy atom. The number of nitrogens with zero attached hydrogens (tertiary/aromatic N) is 3. The fraction of sp³-hybridized carbons (Fsp3) is 0.615. The number of ether oxygens (including phenoxy) is 1. The van der Waals surface area contributed by atoms with E-state index in [4.69, 9.17) is 4.74 Å². The summed E-state index contributed by atoms with van der Waals surface area (Å²) in [5, 5.41) is 11.8. The average Bonchev–Trinajstić information content (AvgIpc) is 2.86. The highest BCUT2D eigenvalue weighted by atomic mass is 19.4. The van der Waals surface area contributed by atoms with E-state index in [0.29, 0.717) is 18.9 Å². The molecule has 1 fully saturated rings. The molecule has 40 heavy (non-hydrogen) atoms. The van der Waals surface area contributed by atoms with Crippen LogP contribution in [0.1, 0.15) is 62.9 Å². The van der Waals surface area contributed by atoms with Crippen molar-refractivity contribution >= 4 is 29.5 Å². The Kier molecular flexibility index (Phi) is 9.20. The Balaban J connectivity index is 2.09. The number of halogens is 4. The molecule has 1 aromatic carbocycles. The Hall–Kier alpha value is -3.58. The van der Waals surface area contributed by atoms with Crippen LogP contribution in [0.25, 0.3) is 0 Å². The summed E-state index contributed by atoms with van der Waals surface area (Å²) < 4.78 is 61.0. The molecule has 0 unspecified atom stereocenters. The SMILES string of the molecule is CC(C)N(C(=O)c1cc2c(cc1C(F)(F)F)OC(C)(C)C(=O)N2CCC(=O)NCCF)[C@@H]1CCCN(C(=O)O)C1. The first kappa shape index (κ1) is 31.0. The molecular formula is C26H34F4N4O6. The van der Waals surface area contributed by atoms with Crippen LogP contribution in [0.3, 0.4) is 0 Å². The van der Waals surface area contributed by atoms with Gasteiger partial charge in [0.2, 0.25) is 5.91 Å². The number of amides is 4. The van der Waals surface area contributed by atoms with E-state index in [9.17, 15) is 41.8 Å². The predicted molar refractivity (Wildman–Crippen MR) is 136 cm³/mol. The second-order valence-electron chi connectivity index (χ2n) is 10.6. The molecule has 10 nitrogen and oxygen atoms in total. The summed E-state index contributed by atoms with van der Waals surface area (Å²) in [5.41, 5.74) is -3.67. The second kappa shape index (κ2) is 11.9. The summed E-state index contributed by atoms with van der Waals surface area (Å²) >= 11 is 0. The van der Waals surface area contributed by atoms with E-state index in [0.717, 1.165) is 15.9 Å². The third kappa shape index (κ3) is 6.58. The third-order valence-electron chi connectivity index (χ3n) is 6.88. The Morgan fingerprint density at radius 3 is 2.50 bits per heavy atom. The minimum absolute atomic E-state index is 0.0541. The maximum atomic E-state index is 14.3. The van der Waals surface area contributed by atoms with E-state index < -0.39 is 65.5 Å². The number of carbonyl (C=O) groups excluding carboxylic acids is 3. The molecule has 0 radical (unpaired) electrons. The second-order valence-corrected chi connectivity index (χ2v) is 10.6. The number of hydrogen-bond donors (Lipinski definition) is 2. The van der Waals surface area contributed by atoms with E-state index in [1.807, 2.05) is 0 Å². The summed E-state index contributed by atoms with van der Waals surface area (Å²) in [6.45, 7) is 4.93. The van der Waals surface area contributed by atoms with Crippen molar-refractivity contribution in [1.82, 2.24) is 15.1 Å². The molecule has 1 saturated heterocycles. The summed E-state index contributed by atoms with van der Waals surface area (Å²) in [5.74, 6) is -2.46. The van der Waals surface area contributed by atoms with Crippen LogP contribution >= 0.6 is 0 Å². The first-order valence-electron chi connectivity index (χ1n) is 13.0. The van der Waals surface area contributed by atoms with Crippen molar-refractivity contribution < 1.29 is 46.6 Å². The minimum Gasteiger partial charge on any atom is -0.476 e. The number of carboxylic acid groups (broad SMARTS) is 1. The predicted octanol–water partition coefficient (Wildman–Crippen LogP) is 3.68. The number of likely N-dealkylation sites (tertiary alicyclic amines) is 1. The van der Waals surface area contributed by atoms with Gasteiger partial charge in [-0.2, -0.15) is 13.2 Å². The quantitative estimate of drug-likeness (QED) is 0.458. The fourth-order valence-electron chi connectivity index (χ4n) is 5.05. The lowest BCUT2D eigenvalue weighted by atomic mass is 9.96. The molecule has 1 atom stereocenters. The average molecular weight is 575 g/mol. The van der Waals surface area contributed by atoms with Gasteiger partial charge in [-0.05, 0) is 52.7 Å². The zero-order valence-electron chi connectivity index (χ0n) is 22.8. The van der Waals surface area contributed by atoms with E-state index in [2.05, 4.69) is 5.32 Å². The summed E-state index contributed by atoms with van der Waals surface area (Å²) in [6, 6.07) is 0.382. The van der Waals surface area contributed by atoms with Crippen LogP contribution in [0, 0.1) is 0 Å². The molecule has 2 N–H and O–H groups in total. The highest BCUT2D eigenvalue weighted by Gasteiger charge is 2.45. The van der Waals surface area contributed by atoms with Gasteiger partial charge in [-0.3, -0.25) is 14.4 Å². The molecule has 0 aliphatic carbocycles. The van der Waals surface area contributed by atoms with Crippen LogP contribution in [0.2, 0.25) is 0 Å². The summed E-state index contributed by atoms with van der Waals surface area (Å²) in [4.78, 5) is 54.2. The van der Waals surface area contributed by atoms with Gasteiger partial charge in [-0.1, -0.05) is 0 Å². The summed E-state index contributed by atoms with van der Waals surface area (Å²) in [6.07, 6.45) is -5.59. The van der Waals surface area contributed by atoms with E-state index in [1.54, 1.807) is 13.8 Å². The maximum absolute atomic E-state index is 14.3. The van der Waals surface area contributed by atoms with E-state index >= 15 is 0 Å². The van der Waals surface area contributed by atoms with Gasteiger partial charge >= 0.3 is 12.3 Å². The number of carbonyl (C=O) groups is 4. The van der Waals surface area contributed by atoms with Crippen LogP contribution < -0.4 is 15.0 Å². The molecule has 14 heteroatoms. The number of fused-ring (bicyclic) bond motifs is 1. The zero-order valence-corrected chi connectivity index (χ0v) is 22.8. The molecule has 0 spiro atoms. The van der Waals surface area contributed by atoms with Gasteiger partial charge in [0.05, 0.1) is 22.9 Å². The number of anilines is 1. The number of piperidine rings is 1. The van der Waals surface area contributed by atoms with Crippen molar-refractivity contribution in [3.63, 3.8) is 0 Å². The molecule has 2 aliphatic heterocycles. The standard InChI is InChI=1S/C26H34F4N4O6/c1-15(2)34(16-6-5-10-32(14-16)24(38)39)22(36)17-12-19-20(13-18(17)26(28,29)30)40-25(3,4)23(37)33(19)11-7-21(35)31-9-8-27/h12-13,15-16H,5-11,14H2,1-4H3,(H,31,35)(H,38,39)/t16-/m1/s1. The van der Waals surface area contributed by atoms with Gasteiger partial charge in [0.15, 0.2) is 5.60 Å². The normalized spacial score (nSPS) is 18.7. The molecule has 4 amide bonds.